The molecule has 2 aromatic rings. The van der Waals surface area contributed by atoms with Gasteiger partial charge in [0, 0.05) is 4.91 Å². The summed E-state index contributed by atoms with van der Waals surface area (Å²) in [5.41, 5.74) is 2.25. The SMILES string of the molecule is CC(C)C1C(=O)N2C(C(=O)OCc3ccccc3)=C(c3ccccc3)S[C@H]12. The van der Waals surface area contributed by atoms with Gasteiger partial charge in [-0.1, -0.05) is 86.3 Å². The zero-order valence-electron chi connectivity index (χ0n) is 15.3. The number of rotatable bonds is 5. The first-order valence-electron chi connectivity index (χ1n) is 9.08. The van der Waals surface area contributed by atoms with E-state index in [0.717, 1.165) is 16.0 Å². The molecule has 0 aromatic heterocycles. The molecule has 27 heavy (non-hydrogen) atoms. The first kappa shape index (κ1) is 17.9. The van der Waals surface area contributed by atoms with E-state index in [-0.39, 0.29) is 29.7 Å². The molecule has 2 aliphatic heterocycles. The van der Waals surface area contributed by atoms with Crippen molar-refractivity contribution in [1.29, 1.82) is 0 Å². The van der Waals surface area contributed by atoms with Crippen LogP contribution in [0.4, 0.5) is 0 Å². The Hall–Kier alpha value is -2.53. The van der Waals surface area contributed by atoms with Crippen LogP contribution >= 0.6 is 11.8 Å². The topological polar surface area (TPSA) is 46.6 Å². The number of carbonyl (C=O) groups excluding carboxylic acids is 2. The fourth-order valence-corrected chi connectivity index (χ4v) is 5.23. The van der Waals surface area contributed by atoms with Gasteiger partial charge in [0.1, 0.15) is 12.3 Å². The quantitative estimate of drug-likeness (QED) is 0.574. The number of carbonyl (C=O) groups is 2. The molecule has 4 rings (SSSR count). The number of nitrogens with zero attached hydrogens (tertiary/aromatic N) is 1. The first-order valence-corrected chi connectivity index (χ1v) is 9.96. The van der Waals surface area contributed by atoms with Crippen LogP contribution < -0.4 is 0 Å². The van der Waals surface area contributed by atoms with Crippen LogP contribution in [0, 0.1) is 11.8 Å². The Kier molecular flexibility index (Phi) is 4.79. The predicted octanol–water partition coefficient (Wildman–Crippen LogP) is 4.29. The molecule has 0 radical (unpaired) electrons. The summed E-state index contributed by atoms with van der Waals surface area (Å²) in [6.07, 6.45) is 0. The maximum atomic E-state index is 12.9. The number of benzene rings is 2. The zero-order valence-corrected chi connectivity index (χ0v) is 16.1. The second-order valence-corrected chi connectivity index (χ2v) is 8.22. The minimum Gasteiger partial charge on any atom is -0.456 e. The Balaban J connectivity index is 1.63. The van der Waals surface area contributed by atoms with Crippen LogP contribution in [0.5, 0.6) is 0 Å². The predicted molar refractivity (Wildman–Crippen MR) is 106 cm³/mol. The third-order valence-corrected chi connectivity index (χ3v) is 6.35. The van der Waals surface area contributed by atoms with E-state index < -0.39 is 5.97 Å². The van der Waals surface area contributed by atoms with E-state index in [1.165, 1.54) is 0 Å². The average molecular weight is 379 g/mol. The first-order chi connectivity index (χ1) is 13.1. The van der Waals surface area contributed by atoms with E-state index in [2.05, 4.69) is 0 Å². The molecule has 5 heteroatoms. The molecule has 0 saturated carbocycles. The van der Waals surface area contributed by atoms with Crippen LogP contribution in [0.2, 0.25) is 0 Å². The number of thioether (sulfide) groups is 1. The number of esters is 1. The van der Waals surface area contributed by atoms with Crippen LogP contribution in [-0.2, 0) is 20.9 Å². The molecule has 2 atom stereocenters. The minimum atomic E-state index is -0.441. The summed E-state index contributed by atoms with van der Waals surface area (Å²) in [6.45, 7) is 4.29. The van der Waals surface area contributed by atoms with E-state index in [9.17, 15) is 9.59 Å². The highest BCUT2D eigenvalue weighted by Gasteiger charge is 2.57. The molecule has 1 amide bonds. The van der Waals surface area contributed by atoms with Gasteiger partial charge in [0.25, 0.3) is 0 Å². The normalized spacial score (nSPS) is 21.3. The Morgan fingerprint density at radius 3 is 2.33 bits per heavy atom. The van der Waals surface area contributed by atoms with Gasteiger partial charge >= 0.3 is 5.97 Å². The van der Waals surface area contributed by atoms with Crippen LogP contribution in [0.15, 0.2) is 66.4 Å². The van der Waals surface area contributed by atoms with Crippen molar-refractivity contribution in [3.63, 3.8) is 0 Å². The van der Waals surface area contributed by atoms with Gasteiger partial charge in [-0.15, -0.1) is 0 Å². The molecular weight excluding hydrogens is 358 g/mol. The second kappa shape index (κ2) is 7.24. The summed E-state index contributed by atoms with van der Waals surface area (Å²) in [6, 6.07) is 19.3. The van der Waals surface area contributed by atoms with Crippen molar-refractivity contribution >= 4 is 28.5 Å². The third kappa shape index (κ3) is 3.16. The molecule has 2 aliphatic rings. The summed E-state index contributed by atoms with van der Waals surface area (Å²) in [5.74, 6) is -0.251. The smallest absolute Gasteiger partial charge is 0.356 e. The molecule has 1 fully saturated rings. The molecule has 0 N–H and O–H groups in total. The van der Waals surface area contributed by atoms with Gasteiger partial charge in [-0.2, -0.15) is 0 Å². The average Bonchev–Trinajstić information content (AvgIpc) is 3.02. The molecular formula is C22H21NO3S. The highest BCUT2D eigenvalue weighted by atomic mass is 32.2. The minimum absolute atomic E-state index is 0.0140. The van der Waals surface area contributed by atoms with Gasteiger partial charge in [-0.05, 0) is 17.0 Å². The lowest BCUT2D eigenvalue weighted by molar-refractivity contribution is -0.156. The molecule has 0 bridgehead atoms. The summed E-state index contributed by atoms with van der Waals surface area (Å²) in [5, 5.41) is -0.0213. The summed E-state index contributed by atoms with van der Waals surface area (Å²) in [4.78, 5) is 28.1. The van der Waals surface area contributed by atoms with Gasteiger partial charge in [-0.25, -0.2) is 4.79 Å². The molecule has 4 nitrogen and oxygen atoms in total. The van der Waals surface area contributed by atoms with Crippen LogP contribution in [0.1, 0.15) is 25.0 Å². The van der Waals surface area contributed by atoms with E-state index >= 15 is 0 Å². The maximum absolute atomic E-state index is 12.9. The molecule has 1 saturated heterocycles. The van der Waals surface area contributed by atoms with Crippen LogP contribution in [0.3, 0.4) is 0 Å². The molecule has 2 aromatic carbocycles. The summed E-state index contributed by atoms with van der Waals surface area (Å²) >= 11 is 1.60. The standard InChI is InChI=1S/C22H21NO3S/c1-14(2)17-20(24)23-18(22(25)26-13-15-9-5-3-6-10-15)19(27-21(17)23)16-11-7-4-8-12-16/h3-12,14,17,21H,13H2,1-2H3/t17?,21-/m1/s1. The van der Waals surface area contributed by atoms with Crippen molar-refractivity contribution in [2.45, 2.75) is 25.8 Å². The lowest BCUT2D eigenvalue weighted by Gasteiger charge is -2.44. The second-order valence-electron chi connectivity index (χ2n) is 7.09. The lowest BCUT2D eigenvalue weighted by Crippen LogP contribution is -2.59. The van der Waals surface area contributed by atoms with E-state index in [1.807, 2.05) is 74.5 Å². The maximum Gasteiger partial charge on any atom is 0.356 e. The van der Waals surface area contributed by atoms with Gasteiger partial charge in [0.15, 0.2) is 0 Å². The Morgan fingerprint density at radius 1 is 1.07 bits per heavy atom. The van der Waals surface area contributed by atoms with Crippen LogP contribution in [0.25, 0.3) is 4.91 Å². The largest absolute Gasteiger partial charge is 0.456 e. The van der Waals surface area contributed by atoms with Gasteiger partial charge in [0.2, 0.25) is 5.91 Å². The Labute approximate surface area is 163 Å². The summed E-state index contributed by atoms with van der Waals surface area (Å²) in [7, 11) is 0. The Morgan fingerprint density at radius 2 is 1.70 bits per heavy atom. The van der Waals surface area contributed by atoms with Crippen molar-refractivity contribution in [3.8, 4) is 0 Å². The number of ether oxygens (including phenoxy) is 1. The number of β-lactam (4-membered cyclic amide) rings is 1. The molecule has 2 heterocycles. The number of amides is 1. The monoisotopic (exact) mass is 379 g/mol. The van der Waals surface area contributed by atoms with Crippen molar-refractivity contribution in [1.82, 2.24) is 4.90 Å². The zero-order chi connectivity index (χ0) is 19.0. The summed E-state index contributed by atoms with van der Waals surface area (Å²) < 4.78 is 5.56. The van der Waals surface area contributed by atoms with E-state index in [1.54, 1.807) is 16.7 Å². The van der Waals surface area contributed by atoms with Gasteiger partial charge < -0.3 is 4.74 Å². The van der Waals surface area contributed by atoms with Crippen molar-refractivity contribution < 1.29 is 14.3 Å². The molecule has 138 valence electrons. The fourth-order valence-electron chi connectivity index (χ4n) is 3.53. The van der Waals surface area contributed by atoms with Crippen LogP contribution in [-0.4, -0.2) is 22.2 Å². The lowest BCUT2D eigenvalue weighted by atomic mass is 9.86. The van der Waals surface area contributed by atoms with Crippen molar-refractivity contribution in [2.24, 2.45) is 11.8 Å². The van der Waals surface area contributed by atoms with E-state index in [0.29, 0.717) is 5.70 Å². The van der Waals surface area contributed by atoms with Crippen molar-refractivity contribution in [3.05, 3.63) is 77.5 Å². The highest BCUT2D eigenvalue weighted by molar-refractivity contribution is 8.09. The fraction of sp³-hybridized carbons (Fsp3) is 0.273. The molecule has 0 aliphatic carbocycles. The number of hydrogen-bond donors (Lipinski definition) is 0. The molecule has 0 spiro atoms. The third-order valence-electron chi connectivity index (χ3n) is 4.94. The Bertz CT molecular complexity index is 892. The van der Waals surface area contributed by atoms with Gasteiger partial charge in [-0.3, -0.25) is 9.69 Å². The number of hydrogen-bond acceptors (Lipinski definition) is 4. The molecule has 1 unspecified atom stereocenters. The highest BCUT2D eigenvalue weighted by Crippen LogP contribution is 2.54. The van der Waals surface area contributed by atoms with E-state index in [4.69, 9.17) is 4.74 Å². The van der Waals surface area contributed by atoms with Gasteiger partial charge in [0.05, 0.1) is 11.3 Å². The number of fused-ring (bicyclic) bond motifs is 1. The van der Waals surface area contributed by atoms with Crippen molar-refractivity contribution in [2.75, 3.05) is 0 Å².